The van der Waals surface area contributed by atoms with E-state index in [4.69, 9.17) is 4.74 Å². The molecule has 1 N–H and O–H groups in total. The van der Waals surface area contributed by atoms with Gasteiger partial charge in [0.25, 0.3) is 0 Å². The van der Waals surface area contributed by atoms with Crippen molar-refractivity contribution in [3.8, 4) is 11.4 Å². The Morgan fingerprint density at radius 3 is 2.52 bits per heavy atom. The van der Waals surface area contributed by atoms with Gasteiger partial charge in [-0.05, 0) is 48.0 Å². The van der Waals surface area contributed by atoms with Crippen LogP contribution in [0.2, 0.25) is 0 Å². The summed E-state index contributed by atoms with van der Waals surface area (Å²) in [5.41, 5.74) is 5.52. The van der Waals surface area contributed by atoms with E-state index in [1.165, 1.54) is 5.56 Å². The van der Waals surface area contributed by atoms with Crippen LogP contribution in [0, 0.1) is 0 Å². The number of imidazole rings is 1. The van der Waals surface area contributed by atoms with Crippen LogP contribution in [-0.2, 0) is 6.54 Å². The fraction of sp³-hybridized carbons (Fsp3) is 0.0952. The third kappa shape index (κ3) is 3.06. The van der Waals surface area contributed by atoms with Crippen molar-refractivity contribution in [3.63, 3.8) is 0 Å². The van der Waals surface area contributed by atoms with E-state index in [0.29, 0.717) is 0 Å². The quantitative estimate of drug-likeness (QED) is 0.579. The topological polar surface area (TPSA) is 39.1 Å². The number of hydrogen-bond acceptors (Lipinski definition) is 3. The highest BCUT2D eigenvalue weighted by Crippen LogP contribution is 2.22. The molecule has 4 heteroatoms. The number of methoxy groups -OCH3 is 1. The van der Waals surface area contributed by atoms with Crippen molar-refractivity contribution in [2.45, 2.75) is 6.54 Å². The molecular weight excluding hydrogens is 310 g/mol. The second-order valence-corrected chi connectivity index (χ2v) is 5.81. The summed E-state index contributed by atoms with van der Waals surface area (Å²) in [5, 5.41) is 3.47. The predicted molar refractivity (Wildman–Crippen MR) is 101 cm³/mol. The second kappa shape index (κ2) is 6.69. The Morgan fingerprint density at radius 2 is 1.68 bits per heavy atom. The van der Waals surface area contributed by atoms with Crippen LogP contribution in [0.1, 0.15) is 5.56 Å². The van der Waals surface area contributed by atoms with Gasteiger partial charge in [0, 0.05) is 12.2 Å². The minimum atomic E-state index is 0.731. The third-order valence-corrected chi connectivity index (χ3v) is 4.28. The first kappa shape index (κ1) is 15.3. The van der Waals surface area contributed by atoms with Gasteiger partial charge in [-0.25, -0.2) is 4.98 Å². The first-order chi connectivity index (χ1) is 12.3. The van der Waals surface area contributed by atoms with Crippen molar-refractivity contribution < 1.29 is 4.74 Å². The Balaban J connectivity index is 1.62. The van der Waals surface area contributed by atoms with E-state index in [9.17, 15) is 0 Å². The van der Waals surface area contributed by atoms with E-state index in [0.717, 1.165) is 34.7 Å². The Labute approximate surface area is 146 Å². The number of nitrogens with zero attached hydrogens (tertiary/aromatic N) is 2. The van der Waals surface area contributed by atoms with Gasteiger partial charge >= 0.3 is 0 Å². The predicted octanol–water partition coefficient (Wildman–Crippen LogP) is 4.65. The Morgan fingerprint density at radius 1 is 0.920 bits per heavy atom. The molecule has 0 bridgehead atoms. The maximum absolute atomic E-state index is 5.20. The smallest absolute Gasteiger partial charge is 0.119 e. The van der Waals surface area contributed by atoms with Crippen LogP contribution in [0.4, 0.5) is 5.69 Å². The largest absolute Gasteiger partial charge is 0.497 e. The van der Waals surface area contributed by atoms with Crippen molar-refractivity contribution in [3.05, 3.63) is 84.7 Å². The number of fused-ring (bicyclic) bond motifs is 1. The molecule has 4 aromatic rings. The van der Waals surface area contributed by atoms with Crippen molar-refractivity contribution >= 4 is 16.7 Å². The lowest BCUT2D eigenvalue weighted by atomic mass is 10.1. The van der Waals surface area contributed by atoms with E-state index < -0.39 is 0 Å². The third-order valence-electron chi connectivity index (χ3n) is 4.28. The van der Waals surface area contributed by atoms with Gasteiger partial charge in [-0.15, -0.1) is 0 Å². The monoisotopic (exact) mass is 329 g/mol. The lowest BCUT2D eigenvalue weighted by Gasteiger charge is -2.13. The first-order valence-electron chi connectivity index (χ1n) is 8.23. The maximum Gasteiger partial charge on any atom is 0.119 e. The fourth-order valence-electron chi connectivity index (χ4n) is 2.95. The average Bonchev–Trinajstić information content (AvgIpc) is 3.11. The zero-order chi connectivity index (χ0) is 17.1. The van der Waals surface area contributed by atoms with Crippen molar-refractivity contribution in [2.75, 3.05) is 12.4 Å². The zero-order valence-corrected chi connectivity index (χ0v) is 14.0. The molecule has 0 radical (unpaired) electrons. The SMILES string of the molecule is COc1ccc(NCc2ccccc2-n2cnc3ccccc32)cc1. The van der Waals surface area contributed by atoms with Crippen LogP contribution < -0.4 is 10.1 Å². The van der Waals surface area contributed by atoms with Gasteiger partial charge in [-0.2, -0.15) is 0 Å². The molecule has 0 spiro atoms. The Hall–Kier alpha value is -3.27. The van der Waals surface area contributed by atoms with Crippen LogP contribution in [0.15, 0.2) is 79.1 Å². The van der Waals surface area contributed by atoms with Crippen LogP contribution in [0.5, 0.6) is 5.75 Å². The molecule has 0 aliphatic rings. The van der Waals surface area contributed by atoms with Gasteiger partial charge in [0.2, 0.25) is 0 Å². The minimum absolute atomic E-state index is 0.731. The van der Waals surface area contributed by atoms with E-state index in [1.807, 2.05) is 48.8 Å². The van der Waals surface area contributed by atoms with Gasteiger partial charge in [0.1, 0.15) is 12.1 Å². The molecule has 0 aliphatic carbocycles. The van der Waals surface area contributed by atoms with Crippen LogP contribution in [0.25, 0.3) is 16.7 Å². The van der Waals surface area contributed by atoms with E-state index in [1.54, 1.807) is 7.11 Å². The number of benzene rings is 3. The summed E-state index contributed by atoms with van der Waals surface area (Å²) in [6, 6.07) is 24.5. The van der Waals surface area contributed by atoms with Crippen molar-refractivity contribution in [2.24, 2.45) is 0 Å². The summed E-state index contributed by atoms with van der Waals surface area (Å²) < 4.78 is 7.34. The zero-order valence-electron chi connectivity index (χ0n) is 14.0. The number of anilines is 1. The van der Waals surface area contributed by atoms with E-state index >= 15 is 0 Å². The molecule has 3 aromatic carbocycles. The number of ether oxygens (including phenoxy) is 1. The van der Waals surface area contributed by atoms with Crippen molar-refractivity contribution in [1.82, 2.24) is 9.55 Å². The lowest BCUT2D eigenvalue weighted by Crippen LogP contribution is -2.04. The van der Waals surface area contributed by atoms with Gasteiger partial charge in [0.15, 0.2) is 0 Å². The molecule has 0 saturated carbocycles. The molecule has 0 fully saturated rings. The average molecular weight is 329 g/mol. The summed E-state index contributed by atoms with van der Waals surface area (Å²) in [7, 11) is 1.67. The molecular formula is C21H19N3O. The van der Waals surface area contributed by atoms with Gasteiger partial charge in [-0.1, -0.05) is 30.3 Å². The van der Waals surface area contributed by atoms with Crippen LogP contribution in [-0.4, -0.2) is 16.7 Å². The molecule has 124 valence electrons. The normalized spacial score (nSPS) is 10.8. The maximum atomic E-state index is 5.20. The Bertz CT molecular complexity index is 989. The summed E-state index contributed by atoms with van der Waals surface area (Å²) in [6.45, 7) is 0.731. The minimum Gasteiger partial charge on any atom is -0.497 e. The highest BCUT2D eigenvalue weighted by molar-refractivity contribution is 5.77. The molecule has 0 amide bonds. The fourth-order valence-corrected chi connectivity index (χ4v) is 2.95. The molecule has 1 heterocycles. The van der Waals surface area contributed by atoms with Gasteiger partial charge < -0.3 is 10.1 Å². The van der Waals surface area contributed by atoms with Gasteiger partial charge in [-0.3, -0.25) is 4.57 Å². The van der Waals surface area contributed by atoms with Crippen LogP contribution in [0.3, 0.4) is 0 Å². The molecule has 0 saturated heterocycles. The summed E-state index contributed by atoms with van der Waals surface area (Å²) >= 11 is 0. The van der Waals surface area contributed by atoms with Crippen LogP contribution >= 0.6 is 0 Å². The van der Waals surface area contributed by atoms with Crippen molar-refractivity contribution in [1.29, 1.82) is 0 Å². The number of rotatable bonds is 5. The summed E-state index contributed by atoms with van der Waals surface area (Å²) in [6.07, 6.45) is 1.89. The summed E-state index contributed by atoms with van der Waals surface area (Å²) in [5.74, 6) is 0.857. The molecule has 0 unspecified atom stereocenters. The lowest BCUT2D eigenvalue weighted by molar-refractivity contribution is 0.415. The standard InChI is InChI=1S/C21H19N3O/c1-25-18-12-10-17(11-13-18)22-14-16-6-2-4-8-20(16)24-15-23-19-7-3-5-9-21(19)24/h2-13,15,22H,14H2,1H3. The number of nitrogens with one attached hydrogen (secondary N) is 1. The highest BCUT2D eigenvalue weighted by Gasteiger charge is 2.08. The Kier molecular flexibility index (Phi) is 4.09. The number of aromatic nitrogens is 2. The van der Waals surface area contributed by atoms with E-state index in [2.05, 4.69) is 45.2 Å². The molecule has 0 aliphatic heterocycles. The van der Waals surface area contributed by atoms with E-state index in [-0.39, 0.29) is 0 Å². The van der Waals surface area contributed by atoms with Gasteiger partial charge in [0.05, 0.1) is 23.8 Å². The number of hydrogen-bond donors (Lipinski definition) is 1. The highest BCUT2D eigenvalue weighted by atomic mass is 16.5. The molecule has 4 nitrogen and oxygen atoms in total. The first-order valence-corrected chi connectivity index (χ1v) is 8.23. The molecule has 4 rings (SSSR count). The molecule has 0 atom stereocenters. The summed E-state index contributed by atoms with van der Waals surface area (Å²) in [4.78, 5) is 4.50. The number of para-hydroxylation sites is 3. The second-order valence-electron chi connectivity index (χ2n) is 5.81. The molecule has 1 aromatic heterocycles. The molecule has 25 heavy (non-hydrogen) atoms.